The zero-order valence-corrected chi connectivity index (χ0v) is 10.0. The van der Waals surface area contributed by atoms with Gasteiger partial charge in [0, 0.05) is 11.8 Å². The topological polar surface area (TPSA) is 46.5 Å². The third-order valence-corrected chi connectivity index (χ3v) is 3.93. The maximum Gasteiger partial charge on any atom is 0.309 e. The molecule has 0 saturated heterocycles. The maximum atomic E-state index is 12.0. The van der Waals surface area contributed by atoms with Gasteiger partial charge in [-0.1, -0.05) is 42.5 Å². The van der Waals surface area contributed by atoms with E-state index >= 15 is 0 Å². The molecule has 3 nitrogen and oxygen atoms in total. The molecule has 1 fully saturated rings. The van der Waals surface area contributed by atoms with Crippen LogP contribution in [0, 0.1) is 17.8 Å². The van der Waals surface area contributed by atoms with Crippen molar-refractivity contribution in [2.75, 3.05) is 0 Å². The number of hydrogen-bond donors (Lipinski definition) is 1. The number of aliphatic hydroxyl groups excluding tert-OH is 1. The molecule has 1 aromatic rings. The van der Waals surface area contributed by atoms with E-state index in [0.29, 0.717) is 6.61 Å². The zero-order chi connectivity index (χ0) is 12.5. The molecule has 1 N–H and O–H groups in total. The number of ether oxygens (including phenoxy) is 1. The van der Waals surface area contributed by atoms with Gasteiger partial charge >= 0.3 is 5.97 Å². The van der Waals surface area contributed by atoms with Crippen molar-refractivity contribution in [1.82, 2.24) is 0 Å². The lowest BCUT2D eigenvalue weighted by Crippen LogP contribution is -2.24. The van der Waals surface area contributed by atoms with E-state index in [1.54, 1.807) is 0 Å². The van der Waals surface area contributed by atoms with Gasteiger partial charge in [-0.15, -0.1) is 0 Å². The van der Waals surface area contributed by atoms with Crippen molar-refractivity contribution < 1.29 is 14.6 Å². The molecule has 2 aliphatic rings. The van der Waals surface area contributed by atoms with E-state index in [-0.39, 0.29) is 29.8 Å². The summed E-state index contributed by atoms with van der Waals surface area (Å²) >= 11 is 0. The molecule has 4 unspecified atom stereocenters. The van der Waals surface area contributed by atoms with Gasteiger partial charge in [-0.25, -0.2) is 0 Å². The van der Waals surface area contributed by atoms with Crippen LogP contribution < -0.4 is 0 Å². The van der Waals surface area contributed by atoms with Crippen molar-refractivity contribution in [1.29, 1.82) is 0 Å². The van der Waals surface area contributed by atoms with Crippen LogP contribution in [0.1, 0.15) is 12.0 Å². The fourth-order valence-corrected chi connectivity index (χ4v) is 2.91. The second-order valence-corrected chi connectivity index (χ2v) is 5.05. The van der Waals surface area contributed by atoms with E-state index in [1.165, 1.54) is 0 Å². The second-order valence-electron chi connectivity index (χ2n) is 5.05. The third-order valence-electron chi connectivity index (χ3n) is 3.93. The van der Waals surface area contributed by atoms with Gasteiger partial charge in [0.15, 0.2) is 0 Å². The predicted molar refractivity (Wildman–Crippen MR) is 66.5 cm³/mol. The largest absolute Gasteiger partial charge is 0.461 e. The van der Waals surface area contributed by atoms with Crippen LogP contribution in [0.3, 0.4) is 0 Å². The Hall–Kier alpha value is -1.61. The lowest BCUT2D eigenvalue weighted by atomic mass is 9.93. The summed E-state index contributed by atoms with van der Waals surface area (Å²) in [5.74, 6) is -0.254. The Bertz CT molecular complexity index is 466. The number of esters is 1. The quantitative estimate of drug-likeness (QED) is 0.652. The van der Waals surface area contributed by atoms with Crippen molar-refractivity contribution in [2.45, 2.75) is 19.1 Å². The van der Waals surface area contributed by atoms with Gasteiger partial charge in [-0.2, -0.15) is 0 Å². The third kappa shape index (κ3) is 1.95. The Morgan fingerprint density at radius 3 is 2.67 bits per heavy atom. The van der Waals surface area contributed by atoms with Gasteiger partial charge in [0.1, 0.15) is 6.61 Å². The summed E-state index contributed by atoms with van der Waals surface area (Å²) in [7, 11) is 0. The fraction of sp³-hybridized carbons (Fsp3) is 0.400. The first-order valence-corrected chi connectivity index (χ1v) is 6.32. The zero-order valence-electron chi connectivity index (χ0n) is 10.0. The van der Waals surface area contributed by atoms with E-state index in [0.717, 1.165) is 12.0 Å². The predicted octanol–water partition coefficient (Wildman–Crippen LogP) is 1.91. The van der Waals surface area contributed by atoms with Crippen molar-refractivity contribution >= 4 is 5.97 Å². The summed E-state index contributed by atoms with van der Waals surface area (Å²) < 4.78 is 5.33. The molecule has 3 rings (SSSR count). The van der Waals surface area contributed by atoms with Crippen LogP contribution in [0.15, 0.2) is 42.5 Å². The normalized spacial score (nSPS) is 32.7. The average Bonchev–Trinajstić information content (AvgIpc) is 2.93. The minimum atomic E-state index is -0.390. The first-order valence-electron chi connectivity index (χ1n) is 6.32. The number of rotatable bonds is 3. The molecule has 94 valence electrons. The number of aliphatic hydroxyl groups is 1. The lowest BCUT2D eigenvalue weighted by Gasteiger charge is -2.16. The molecular formula is C15H16O3. The van der Waals surface area contributed by atoms with E-state index in [2.05, 4.69) is 0 Å². The van der Waals surface area contributed by atoms with Gasteiger partial charge < -0.3 is 9.84 Å². The van der Waals surface area contributed by atoms with Gasteiger partial charge in [0.25, 0.3) is 0 Å². The van der Waals surface area contributed by atoms with Crippen LogP contribution in [-0.4, -0.2) is 17.2 Å². The van der Waals surface area contributed by atoms with Crippen molar-refractivity contribution in [3.8, 4) is 0 Å². The molecule has 0 aromatic heterocycles. The Morgan fingerprint density at radius 1 is 1.28 bits per heavy atom. The number of carbonyl (C=O) groups excluding carboxylic acids is 1. The Morgan fingerprint density at radius 2 is 2.06 bits per heavy atom. The van der Waals surface area contributed by atoms with Crippen LogP contribution in [0.25, 0.3) is 0 Å². The van der Waals surface area contributed by atoms with Crippen molar-refractivity contribution in [3.63, 3.8) is 0 Å². The van der Waals surface area contributed by atoms with Crippen molar-refractivity contribution in [3.05, 3.63) is 48.0 Å². The van der Waals surface area contributed by atoms with Gasteiger partial charge in [-0.05, 0) is 12.0 Å². The van der Waals surface area contributed by atoms with E-state index < -0.39 is 0 Å². The molecule has 4 atom stereocenters. The maximum absolute atomic E-state index is 12.0. The van der Waals surface area contributed by atoms with Crippen LogP contribution in [0.4, 0.5) is 0 Å². The molecule has 0 amide bonds. The highest BCUT2D eigenvalue weighted by molar-refractivity contribution is 5.74. The fourth-order valence-electron chi connectivity index (χ4n) is 2.91. The SMILES string of the molecule is O=C(OCc1ccccc1)C1CC2C=CC1C2O. The molecule has 0 heterocycles. The molecule has 2 aliphatic carbocycles. The minimum Gasteiger partial charge on any atom is -0.461 e. The molecule has 1 saturated carbocycles. The van der Waals surface area contributed by atoms with Crippen LogP contribution >= 0.6 is 0 Å². The summed E-state index contributed by atoms with van der Waals surface area (Å²) in [6.07, 6.45) is 4.29. The minimum absolute atomic E-state index is 0.0433. The lowest BCUT2D eigenvalue weighted by molar-refractivity contribution is -0.151. The summed E-state index contributed by atoms with van der Waals surface area (Å²) in [5.41, 5.74) is 0.991. The molecule has 0 radical (unpaired) electrons. The molecule has 1 aromatic carbocycles. The number of hydrogen-bond acceptors (Lipinski definition) is 3. The highest BCUT2D eigenvalue weighted by atomic mass is 16.5. The average molecular weight is 244 g/mol. The summed E-state index contributed by atoms with van der Waals surface area (Å²) in [4.78, 5) is 12.0. The van der Waals surface area contributed by atoms with Gasteiger partial charge in [-0.3, -0.25) is 4.79 Å². The Labute approximate surface area is 106 Å². The summed E-state index contributed by atoms with van der Waals surface area (Å²) in [6, 6.07) is 9.65. The van der Waals surface area contributed by atoms with E-state index in [1.807, 2.05) is 42.5 Å². The molecule has 3 heteroatoms. The van der Waals surface area contributed by atoms with E-state index in [9.17, 15) is 9.90 Å². The van der Waals surface area contributed by atoms with Crippen LogP contribution in [0.5, 0.6) is 0 Å². The van der Waals surface area contributed by atoms with Gasteiger partial charge in [0.2, 0.25) is 0 Å². The molecule has 18 heavy (non-hydrogen) atoms. The highest BCUT2D eigenvalue weighted by Crippen LogP contribution is 2.44. The molecular weight excluding hydrogens is 228 g/mol. The van der Waals surface area contributed by atoms with Crippen LogP contribution in [-0.2, 0) is 16.1 Å². The Balaban J connectivity index is 1.59. The Kier molecular flexibility index (Phi) is 2.92. The summed E-state index contributed by atoms with van der Waals surface area (Å²) in [5, 5.41) is 9.86. The smallest absolute Gasteiger partial charge is 0.309 e. The molecule has 2 bridgehead atoms. The summed E-state index contributed by atoms with van der Waals surface area (Å²) in [6.45, 7) is 0.313. The number of carbonyl (C=O) groups is 1. The highest BCUT2D eigenvalue weighted by Gasteiger charge is 2.47. The first-order chi connectivity index (χ1) is 8.75. The monoisotopic (exact) mass is 244 g/mol. The number of benzene rings is 1. The molecule has 0 spiro atoms. The number of fused-ring (bicyclic) bond motifs is 2. The molecule has 0 aliphatic heterocycles. The van der Waals surface area contributed by atoms with E-state index in [4.69, 9.17) is 4.74 Å². The first kappa shape index (κ1) is 11.5. The van der Waals surface area contributed by atoms with Gasteiger partial charge in [0.05, 0.1) is 12.0 Å². The second kappa shape index (κ2) is 4.58. The van der Waals surface area contributed by atoms with Crippen molar-refractivity contribution in [2.24, 2.45) is 17.8 Å². The van der Waals surface area contributed by atoms with Crippen LogP contribution in [0.2, 0.25) is 0 Å². The standard InChI is InChI=1S/C15H16O3/c16-14-11-6-7-12(14)13(8-11)15(17)18-9-10-4-2-1-3-5-10/h1-7,11-14,16H,8-9H2.